The predicted octanol–water partition coefficient (Wildman–Crippen LogP) is 6.68. The lowest BCUT2D eigenvalue weighted by Gasteiger charge is -2.41. The second kappa shape index (κ2) is 7.23. The molecule has 0 N–H and O–H groups in total. The fourth-order valence-corrected chi connectivity index (χ4v) is 5.16. The van der Waals surface area contributed by atoms with Crippen LogP contribution in [0.2, 0.25) is 0 Å². The Bertz CT molecular complexity index is 685. The maximum Gasteiger partial charge on any atom is 0.118 e. The highest BCUT2D eigenvalue weighted by atomic mass is 16.5. The molecule has 25 heavy (non-hydrogen) atoms. The lowest BCUT2D eigenvalue weighted by Crippen LogP contribution is -2.29. The molecule has 0 heterocycles. The fraction of sp³-hybridized carbons (Fsp3) is 0.500. The fourth-order valence-electron chi connectivity index (χ4n) is 5.16. The normalized spacial score (nSPS) is 29.0. The molecule has 2 aromatic rings. The Morgan fingerprint density at radius 2 is 1.32 bits per heavy atom. The summed E-state index contributed by atoms with van der Waals surface area (Å²) in [6, 6.07) is 17.7. The molecule has 2 saturated carbocycles. The third kappa shape index (κ3) is 3.61. The molecule has 4 atom stereocenters. The van der Waals surface area contributed by atoms with Crippen LogP contribution in [0.15, 0.2) is 48.5 Å². The van der Waals surface area contributed by atoms with Crippen LogP contribution in [-0.2, 0) is 0 Å². The van der Waals surface area contributed by atoms with Crippen molar-refractivity contribution in [1.29, 1.82) is 0 Å². The molecule has 0 saturated heterocycles. The Kier molecular flexibility index (Phi) is 4.83. The first-order chi connectivity index (χ1) is 12.2. The number of ether oxygens (including phenoxy) is 1. The van der Waals surface area contributed by atoms with Gasteiger partial charge in [-0.15, -0.1) is 0 Å². The molecule has 2 fully saturated rings. The average molecular weight is 335 g/mol. The summed E-state index contributed by atoms with van der Waals surface area (Å²) in [6.07, 6.45) is 8.64. The molecule has 4 rings (SSSR count). The summed E-state index contributed by atoms with van der Waals surface area (Å²) in [5.74, 6) is 4.65. The minimum atomic E-state index is 0.777. The summed E-state index contributed by atoms with van der Waals surface area (Å²) in [5.41, 5.74) is 4.11. The van der Waals surface area contributed by atoms with Crippen molar-refractivity contribution in [1.82, 2.24) is 0 Å². The molecule has 0 aliphatic heterocycles. The largest absolute Gasteiger partial charge is 0.497 e. The van der Waals surface area contributed by atoms with Gasteiger partial charge in [0.05, 0.1) is 7.11 Å². The number of benzene rings is 2. The van der Waals surface area contributed by atoms with E-state index in [1.807, 2.05) is 12.1 Å². The topological polar surface area (TPSA) is 9.23 Å². The van der Waals surface area contributed by atoms with Gasteiger partial charge in [-0.05, 0) is 84.6 Å². The van der Waals surface area contributed by atoms with E-state index in [1.165, 1.54) is 49.7 Å². The minimum absolute atomic E-state index is 0.777. The van der Waals surface area contributed by atoms with Crippen LogP contribution in [0.4, 0.5) is 0 Å². The summed E-state index contributed by atoms with van der Waals surface area (Å²) in [6.45, 7) is 2.44. The molecular formula is C24H30O. The molecule has 1 nitrogen and oxygen atoms in total. The van der Waals surface area contributed by atoms with Crippen molar-refractivity contribution in [3.05, 3.63) is 54.1 Å². The van der Waals surface area contributed by atoms with Crippen molar-refractivity contribution < 1.29 is 4.74 Å². The lowest BCUT2D eigenvalue weighted by atomic mass is 9.64. The van der Waals surface area contributed by atoms with Crippen LogP contribution >= 0.6 is 0 Å². The van der Waals surface area contributed by atoms with E-state index in [0.29, 0.717) is 0 Å². The van der Waals surface area contributed by atoms with Crippen LogP contribution in [0.1, 0.15) is 56.9 Å². The number of methoxy groups -OCH3 is 1. The first-order valence-corrected chi connectivity index (χ1v) is 9.97. The zero-order valence-electron chi connectivity index (χ0n) is 15.6. The van der Waals surface area contributed by atoms with Crippen molar-refractivity contribution in [2.24, 2.45) is 17.8 Å². The molecule has 0 bridgehead atoms. The van der Waals surface area contributed by atoms with E-state index >= 15 is 0 Å². The zero-order valence-corrected chi connectivity index (χ0v) is 15.6. The predicted molar refractivity (Wildman–Crippen MR) is 105 cm³/mol. The van der Waals surface area contributed by atoms with Crippen molar-refractivity contribution in [2.45, 2.75) is 51.4 Å². The minimum Gasteiger partial charge on any atom is -0.497 e. The van der Waals surface area contributed by atoms with Gasteiger partial charge in [0.15, 0.2) is 0 Å². The summed E-state index contributed by atoms with van der Waals surface area (Å²) >= 11 is 0. The standard InChI is InChI=1S/C24H30O/c1-17-3-4-23-16-22(10-9-21(23)15-17)20-7-5-18(6-8-20)19-11-13-24(25-2)14-12-19/h5-8,11-14,17,21-23H,3-4,9-10,15-16H2,1-2H3/t17?,21-,22-,23-/m1/s1. The molecule has 0 aromatic heterocycles. The molecule has 1 heteroatoms. The van der Waals surface area contributed by atoms with E-state index in [-0.39, 0.29) is 0 Å². The van der Waals surface area contributed by atoms with Gasteiger partial charge in [-0.25, -0.2) is 0 Å². The Balaban J connectivity index is 1.45. The van der Waals surface area contributed by atoms with Gasteiger partial charge < -0.3 is 4.74 Å². The molecule has 132 valence electrons. The van der Waals surface area contributed by atoms with Crippen LogP contribution in [0.3, 0.4) is 0 Å². The van der Waals surface area contributed by atoms with E-state index in [1.54, 1.807) is 12.7 Å². The number of hydrogen-bond donors (Lipinski definition) is 0. The van der Waals surface area contributed by atoms with Crippen molar-refractivity contribution in [2.75, 3.05) is 7.11 Å². The van der Waals surface area contributed by atoms with Crippen LogP contribution in [0, 0.1) is 17.8 Å². The van der Waals surface area contributed by atoms with E-state index < -0.39 is 0 Å². The summed E-state index contributed by atoms with van der Waals surface area (Å²) in [7, 11) is 1.71. The van der Waals surface area contributed by atoms with Crippen LogP contribution in [-0.4, -0.2) is 7.11 Å². The maximum absolute atomic E-state index is 5.25. The zero-order chi connectivity index (χ0) is 17.2. The number of hydrogen-bond acceptors (Lipinski definition) is 1. The Morgan fingerprint density at radius 1 is 0.720 bits per heavy atom. The summed E-state index contributed by atoms with van der Waals surface area (Å²) in [5, 5.41) is 0. The second-order valence-electron chi connectivity index (χ2n) is 8.30. The van der Waals surface area contributed by atoms with Gasteiger partial charge in [0, 0.05) is 0 Å². The van der Waals surface area contributed by atoms with Gasteiger partial charge in [0.1, 0.15) is 5.75 Å². The monoisotopic (exact) mass is 334 g/mol. The van der Waals surface area contributed by atoms with E-state index in [9.17, 15) is 0 Å². The van der Waals surface area contributed by atoms with Crippen molar-refractivity contribution in [3.8, 4) is 16.9 Å². The third-order valence-electron chi connectivity index (χ3n) is 6.68. The highest BCUT2D eigenvalue weighted by Crippen LogP contribution is 2.47. The Labute approximate surface area is 152 Å². The second-order valence-corrected chi connectivity index (χ2v) is 8.30. The third-order valence-corrected chi connectivity index (χ3v) is 6.68. The maximum atomic E-state index is 5.25. The lowest BCUT2D eigenvalue weighted by molar-refractivity contribution is 0.124. The molecular weight excluding hydrogens is 304 g/mol. The van der Waals surface area contributed by atoms with Gasteiger partial charge in [0.2, 0.25) is 0 Å². The Morgan fingerprint density at radius 3 is 2.00 bits per heavy atom. The van der Waals surface area contributed by atoms with E-state index in [2.05, 4.69) is 43.3 Å². The van der Waals surface area contributed by atoms with Gasteiger partial charge >= 0.3 is 0 Å². The smallest absolute Gasteiger partial charge is 0.118 e. The van der Waals surface area contributed by atoms with Gasteiger partial charge in [-0.3, -0.25) is 0 Å². The molecule has 1 unspecified atom stereocenters. The molecule has 0 amide bonds. The van der Waals surface area contributed by atoms with E-state index in [4.69, 9.17) is 4.74 Å². The average Bonchev–Trinajstić information content (AvgIpc) is 2.68. The van der Waals surface area contributed by atoms with Crippen LogP contribution in [0.25, 0.3) is 11.1 Å². The molecule has 0 spiro atoms. The van der Waals surface area contributed by atoms with Crippen LogP contribution in [0.5, 0.6) is 5.75 Å². The number of fused-ring (bicyclic) bond motifs is 1. The van der Waals surface area contributed by atoms with Gasteiger partial charge in [-0.2, -0.15) is 0 Å². The van der Waals surface area contributed by atoms with Crippen LogP contribution < -0.4 is 4.74 Å². The molecule has 2 aromatic carbocycles. The Hall–Kier alpha value is -1.76. The quantitative estimate of drug-likeness (QED) is 0.608. The highest BCUT2D eigenvalue weighted by molar-refractivity contribution is 5.64. The summed E-state index contributed by atoms with van der Waals surface area (Å²) < 4.78 is 5.25. The van der Waals surface area contributed by atoms with E-state index in [0.717, 1.165) is 29.4 Å². The highest BCUT2D eigenvalue weighted by Gasteiger charge is 2.34. The molecule has 2 aliphatic carbocycles. The molecule has 2 aliphatic rings. The first-order valence-electron chi connectivity index (χ1n) is 9.97. The SMILES string of the molecule is COc1ccc(-c2ccc([C@@H]3CC[C@@H]4CC(C)CC[C@@H]4C3)cc2)cc1. The van der Waals surface area contributed by atoms with Crippen molar-refractivity contribution in [3.63, 3.8) is 0 Å². The van der Waals surface area contributed by atoms with Gasteiger partial charge in [0.25, 0.3) is 0 Å². The van der Waals surface area contributed by atoms with Crippen molar-refractivity contribution >= 4 is 0 Å². The first kappa shape index (κ1) is 16.7. The summed E-state index contributed by atoms with van der Waals surface area (Å²) in [4.78, 5) is 0. The van der Waals surface area contributed by atoms with Gasteiger partial charge in [-0.1, -0.05) is 49.7 Å². The molecule has 0 radical (unpaired) electrons. The number of rotatable bonds is 3.